The molecule has 0 aromatic heterocycles. The molecule has 11 nitrogen and oxygen atoms in total. The average molecular weight is 585 g/mol. The maximum atomic E-state index is 12.9. The topological polar surface area (TPSA) is 120 Å². The Balaban J connectivity index is 3.12. The molecule has 0 atom stereocenters. The van der Waals surface area contributed by atoms with Crippen molar-refractivity contribution >= 4 is 23.7 Å². The number of hydrogen-bond acceptors (Lipinski definition) is 10. The van der Waals surface area contributed by atoms with E-state index in [4.69, 9.17) is 9.47 Å². The van der Waals surface area contributed by atoms with Crippen LogP contribution in [0.5, 0.6) is 0 Å². The Morgan fingerprint density at radius 3 is 1.15 bits per heavy atom. The van der Waals surface area contributed by atoms with E-state index < -0.39 is 22.6 Å². The van der Waals surface area contributed by atoms with E-state index in [1.54, 1.807) is 0 Å². The number of rotatable bonds is 8. The third-order valence-electron chi connectivity index (χ3n) is 6.47. The van der Waals surface area contributed by atoms with E-state index in [0.29, 0.717) is 71.7 Å². The minimum Gasteiger partial charge on any atom is -0.480 e. The van der Waals surface area contributed by atoms with Gasteiger partial charge in [-0.1, -0.05) is 20.8 Å². The molecule has 0 radical (unpaired) electrons. The average Bonchev–Trinajstić information content (AvgIpc) is 2.75. The molecule has 1 N–H and O–H groups in total. The van der Waals surface area contributed by atoms with Gasteiger partial charge in [0.15, 0.2) is 5.78 Å². The Bertz CT molecular complexity index is 858. The summed E-state index contributed by atoms with van der Waals surface area (Å²) in [4.78, 5) is 57.8. The lowest BCUT2D eigenvalue weighted by Crippen LogP contribution is -2.46. The van der Waals surface area contributed by atoms with Crippen LogP contribution in [-0.2, 0) is 28.7 Å². The molecule has 41 heavy (non-hydrogen) atoms. The minimum atomic E-state index is -0.901. The van der Waals surface area contributed by atoms with Crippen LogP contribution >= 0.6 is 0 Å². The summed E-state index contributed by atoms with van der Waals surface area (Å²) >= 11 is 0. The molecule has 1 aliphatic heterocycles. The maximum absolute atomic E-state index is 12.9. The molecule has 0 spiro atoms. The van der Waals surface area contributed by atoms with Gasteiger partial charge in [0.1, 0.15) is 11.2 Å². The van der Waals surface area contributed by atoms with E-state index in [9.17, 15) is 24.3 Å². The first-order chi connectivity index (χ1) is 18.7. The lowest BCUT2D eigenvalue weighted by Gasteiger charge is -2.32. The highest BCUT2D eigenvalue weighted by molar-refractivity contribution is 5.85. The summed E-state index contributed by atoms with van der Waals surface area (Å²) in [6, 6.07) is 0. The fraction of sp³-hybridized carbons (Fsp3) is 0.867. The molecule has 1 heterocycles. The quantitative estimate of drug-likeness (QED) is 0.424. The number of nitrogens with zero attached hydrogens (tertiary/aromatic N) is 4. The van der Waals surface area contributed by atoms with Crippen LogP contribution < -0.4 is 0 Å². The van der Waals surface area contributed by atoms with Crippen LogP contribution in [0, 0.1) is 5.41 Å². The van der Waals surface area contributed by atoms with E-state index in [1.165, 1.54) is 0 Å². The van der Waals surface area contributed by atoms with Crippen LogP contribution in [0.3, 0.4) is 0 Å². The van der Waals surface area contributed by atoms with Crippen LogP contribution in [0.1, 0.15) is 75.2 Å². The summed E-state index contributed by atoms with van der Waals surface area (Å²) in [5.74, 6) is -1.39. The van der Waals surface area contributed by atoms with E-state index in [1.807, 2.05) is 72.1 Å². The lowest BCUT2D eigenvalue weighted by atomic mass is 9.90. The number of esters is 2. The number of carbonyl (C=O) groups excluding carboxylic acids is 3. The number of ether oxygens (including phenoxy) is 2. The molecule has 1 saturated heterocycles. The van der Waals surface area contributed by atoms with Crippen LogP contribution in [0.4, 0.5) is 0 Å². The smallest absolute Gasteiger partial charge is 0.320 e. The van der Waals surface area contributed by atoms with E-state index >= 15 is 0 Å². The summed E-state index contributed by atoms with van der Waals surface area (Å²) in [6.45, 7) is 21.7. The molecular weight excluding hydrogens is 528 g/mol. The first-order valence-electron chi connectivity index (χ1n) is 14.8. The standard InChI is InChI=1S/C30H56N4O7/c1-28(2,3)24(35)20-31-12-10-13-32(21-25(36)37)17-19-34(23-27(39)41-30(7,8)9)15-11-14-33(18-16-31)22-26(38)40-29(4,5)6/h10-23H2,1-9H3,(H,36,37). The van der Waals surface area contributed by atoms with Gasteiger partial charge in [0.2, 0.25) is 0 Å². The van der Waals surface area contributed by atoms with E-state index in [2.05, 4.69) is 9.80 Å². The Morgan fingerprint density at radius 2 is 0.854 bits per heavy atom. The number of carboxylic acid groups (broad SMARTS) is 1. The number of carbonyl (C=O) groups is 4. The highest BCUT2D eigenvalue weighted by atomic mass is 16.6. The van der Waals surface area contributed by atoms with Crippen LogP contribution in [-0.4, -0.2) is 138 Å². The molecule has 1 aliphatic rings. The zero-order valence-corrected chi connectivity index (χ0v) is 27.1. The van der Waals surface area contributed by atoms with Crippen molar-refractivity contribution in [1.82, 2.24) is 19.6 Å². The van der Waals surface area contributed by atoms with Crippen molar-refractivity contribution in [3.63, 3.8) is 0 Å². The van der Waals surface area contributed by atoms with Crippen molar-refractivity contribution in [3.05, 3.63) is 0 Å². The van der Waals surface area contributed by atoms with Crippen LogP contribution in [0.2, 0.25) is 0 Å². The zero-order valence-electron chi connectivity index (χ0n) is 27.1. The maximum Gasteiger partial charge on any atom is 0.320 e. The second kappa shape index (κ2) is 16.5. The van der Waals surface area contributed by atoms with E-state index in [0.717, 1.165) is 0 Å². The zero-order chi connectivity index (χ0) is 31.4. The monoisotopic (exact) mass is 584 g/mol. The van der Waals surface area contributed by atoms with Crippen molar-refractivity contribution < 1.29 is 33.8 Å². The number of carboxylic acids is 1. The summed E-state index contributed by atoms with van der Waals surface area (Å²) in [5, 5.41) is 9.48. The second-order valence-electron chi connectivity index (χ2n) is 14.1. The van der Waals surface area contributed by atoms with Gasteiger partial charge >= 0.3 is 17.9 Å². The first kappa shape index (κ1) is 36.9. The van der Waals surface area contributed by atoms with Crippen molar-refractivity contribution in [2.24, 2.45) is 5.41 Å². The number of aliphatic carboxylic acids is 1. The molecule has 11 heteroatoms. The second-order valence-corrected chi connectivity index (χ2v) is 14.1. The Hall–Kier alpha value is -2.08. The highest BCUT2D eigenvalue weighted by Crippen LogP contribution is 2.16. The molecule has 0 amide bonds. The molecule has 0 aromatic rings. The fourth-order valence-corrected chi connectivity index (χ4v) is 4.43. The molecule has 0 unspecified atom stereocenters. The number of hydrogen-bond donors (Lipinski definition) is 1. The fourth-order valence-electron chi connectivity index (χ4n) is 4.43. The molecule has 1 fully saturated rings. The van der Waals surface area contributed by atoms with Gasteiger partial charge in [-0.3, -0.25) is 38.8 Å². The predicted octanol–water partition coefficient (Wildman–Crippen LogP) is 2.37. The minimum absolute atomic E-state index is 0.0924. The summed E-state index contributed by atoms with van der Waals surface area (Å²) in [5.41, 5.74) is -1.65. The van der Waals surface area contributed by atoms with Gasteiger partial charge in [-0.15, -0.1) is 0 Å². The Labute approximate surface area is 247 Å². The van der Waals surface area contributed by atoms with Crippen LogP contribution in [0.15, 0.2) is 0 Å². The third kappa shape index (κ3) is 18.1. The molecule has 1 rings (SSSR count). The van der Waals surface area contributed by atoms with Gasteiger partial charge in [-0.2, -0.15) is 0 Å². The Morgan fingerprint density at radius 1 is 0.537 bits per heavy atom. The van der Waals surface area contributed by atoms with Gasteiger partial charge < -0.3 is 14.6 Å². The van der Waals surface area contributed by atoms with Gasteiger partial charge in [0, 0.05) is 51.2 Å². The van der Waals surface area contributed by atoms with Gasteiger partial charge in [0.25, 0.3) is 0 Å². The first-order valence-corrected chi connectivity index (χ1v) is 14.8. The number of ketones is 1. The molecule has 0 aliphatic carbocycles. The highest BCUT2D eigenvalue weighted by Gasteiger charge is 2.26. The number of Topliss-reactive ketones (excluding diaryl/α,β-unsaturated/α-hetero) is 1. The molecule has 0 aromatic carbocycles. The molecule has 238 valence electrons. The van der Waals surface area contributed by atoms with Crippen molar-refractivity contribution in [3.8, 4) is 0 Å². The van der Waals surface area contributed by atoms with Gasteiger partial charge in [-0.05, 0) is 60.9 Å². The summed E-state index contributed by atoms with van der Waals surface area (Å²) in [6.07, 6.45) is 1.37. The largest absolute Gasteiger partial charge is 0.480 e. The SMILES string of the molecule is CC(C)(C)OC(=O)CN1CCCN(CC(=O)OC(C)(C)C)CCN(CC(=O)C(C)(C)C)CCCN(CC(=O)O)CC1. The normalized spacial score (nSPS) is 18.9. The van der Waals surface area contributed by atoms with Crippen molar-refractivity contribution in [1.29, 1.82) is 0 Å². The van der Waals surface area contributed by atoms with Gasteiger partial charge in [0.05, 0.1) is 26.2 Å². The molecule has 0 saturated carbocycles. The lowest BCUT2D eigenvalue weighted by molar-refractivity contribution is -0.157. The molecular formula is C30H56N4O7. The van der Waals surface area contributed by atoms with E-state index in [-0.39, 0.29) is 37.4 Å². The molecule has 0 bridgehead atoms. The van der Waals surface area contributed by atoms with Crippen LogP contribution in [0.25, 0.3) is 0 Å². The van der Waals surface area contributed by atoms with Gasteiger partial charge in [-0.25, -0.2) is 0 Å². The Kier molecular flexibility index (Phi) is 14.9. The predicted molar refractivity (Wildman–Crippen MR) is 159 cm³/mol. The van der Waals surface area contributed by atoms with Crippen molar-refractivity contribution in [2.45, 2.75) is 86.4 Å². The third-order valence-corrected chi connectivity index (χ3v) is 6.47. The van der Waals surface area contributed by atoms with Crippen molar-refractivity contribution in [2.75, 3.05) is 78.5 Å². The summed E-state index contributed by atoms with van der Waals surface area (Å²) in [7, 11) is 0. The summed E-state index contributed by atoms with van der Waals surface area (Å²) < 4.78 is 11.1.